The number of carbonyl (C=O) groups excluding carboxylic acids is 5. The number of aromatic nitrogens is 2. The van der Waals surface area contributed by atoms with E-state index in [4.69, 9.17) is 19.2 Å². The molecule has 2 saturated carbocycles. The summed E-state index contributed by atoms with van der Waals surface area (Å²) in [6, 6.07) is 12.1. The van der Waals surface area contributed by atoms with Crippen molar-refractivity contribution < 1.29 is 43.3 Å². The normalized spacial score (nSPS) is 23.7. The summed E-state index contributed by atoms with van der Waals surface area (Å²) in [6.45, 7) is 9.07. The fraction of sp³-hybridized carbons (Fsp3) is 0.564. The number of aryl methyl sites for hydroxylation is 1. The molecule has 0 radical (unpaired) electrons. The summed E-state index contributed by atoms with van der Waals surface area (Å²) in [6.07, 6.45) is 7.92. The number of hydrogen-bond acceptors (Lipinski definition) is 12. The van der Waals surface area contributed by atoms with Crippen LogP contribution < -0.4 is 16.1 Å². The number of methoxy groups -OCH3 is 2. The van der Waals surface area contributed by atoms with Gasteiger partial charge in [-0.05, 0) is 123 Å². The Labute approximate surface area is 422 Å². The minimum atomic E-state index is -1.17. The number of phenols is 1. The number of cyclic esters (lactones) is 1. The molecule has 386 valence electrons. The maximum atomic E-state index is 14.9. The summed E-state index contributed by atoms with van der Waals surface area (Å²) in [5, 5.41) is 20.2. The van der Waals surface area contributed by atoms with Gasteiger partial charge in [0.2, 0.25) is 17.7 Å². The standard InChI is InChI=1S/C55H72N8O9/c1-9-62-43-19-18-35-28-39(43)40(48(62)38-16-12-22-56-45(38)32(2)70-7)29-54(3,4)31-72-53(69)41-17-13-23-63(59-41)51(67)42(26-33-24-36(35)27-37(64)25-33)57-50(66)47(34-14-10-11-15-34)61(6)44(65)30-60(5)52(68)46-49(58-46)55(71-8)20-21-55/h12,16,18-19,22,24-25,27-28,32,34,41-42,46-47,49,58-59,64H,9-11,13-15,17,20-21,23,26,29-31H2,1-8H3,(H,57,66)/t32-,41-,42-,46-,47?,49+/m0/s1. The first-order valence-corrected chi connectivity index (χ1v) is 25.8. The van der Waals surface area contributed by atoms with Gasteiger partial charge in [0.25, 0.3) is 5.91 Å². The lowest BCUT2D eigenvalue weighted by molar-refractivity contribution is -0.155. The van der Waals surface area contributed by atoms with Gasteiger partial charge >= 0.3 is 5.97 Å². The van der Waals surface area contributed by atoms with Crippen molar-refractivity contribution in [3.8, 4) is 28.1 Å². The Bertz CT molecular complexity index is 2730. The van der Waals surface area contributed by atoms with E-state index in [-0.39, 0.29) is 61.4 Å². The third kappa shape index (κ3) is 10.2. The maximum absolute atomic E-state index is 14.9. The zero-order chi connectivity index (χ0) is 51.2. The van der Waals surface area contributed by atoms with Gasteiger partial charge in [-0.2, -0.15) is 0 Å². The SMILES string of the molecule is CCn1c(-c2cccnc2[C@H](C)OC)c2c3cc(ccc31)-c1cc(O)cc(c1)C[C@H](NC(=O)C(C1CCCC1)N(C)C(=O)CN(C)C(=O)[C@H]1N[C@H]1C1(OC)CC1)C(=O)N1CCC[C@H](N1)C(=O)OCC(C)(C)C2. The molecule has 5 aliphatic rings. The third-order valence-corrected chi connectivity index (χ3v) is 15.9. The number of fused-ring (bicyclic) bond motifs is 6. The molecule has 2 aromatic heterocycles. The number of pyridine rings is 1. The number of nitrogens with one attached hydrogen (secondary N) is 3. The number of carbonyl (C=O) groups is 5. The van der Waals surface area contributed by atoms with E-state index in [1.54, 1.807) is 46.6 Å². The van der Waals surface area contributed by atoms with Crippen molar-refractivity contribution in [2.45, 2.75) is 140 Å². The molecule has 4 aromatic rings. The Balaban J connectivity index is 1.07. The van der Waals surface area contributed by atoms with E-state index in [1.807, 2.05) is 25.1 Å². The fourth-order valence-corrected chi connectivity index (χ4v) is 11.7. The minimum Gasteiger partial charge on any atom is -0.508 e. The van der Waals surface area contributed by atoms with Crippen LogP contribution >= 0.6 is 0 Å². The van der Waals surface area contributed by atoms with Gasteiger partial charge in [0.05, 0.1) is 42.3 Å². The number of benzene rings is 2. The zero-order valence-electron chi connectivity index (χ0n) is 43.1. The van der Waals surface area contributed by atoms with E-state index in [2.05, 4.69) is 59.6 Å². The van der Waals surface area contributed by atoms with E-state index >= 15 is 0 Å². The second-order valence-corrected chi connectivity index (χ2v) is 21.6. The van der Waals surface area contributed by atoms with Crippen molar-refractivity contribution in [2.24, 2.45) is 11.3 Å². The second kappa shape index (κ2) is 20.6. The molecule has 17 heteroatoms. The second-order valence-electron chi connectivity index (χ2n) is 21.6. The Kier molecular flexibility index (Phi) is 14.6. The van der Waals surface area contributed by atoms with Gasteiger partial charge in [-0.15, -0.1) is 0 Å². The molecule has 4 fully saturated rings. The molecule has 4 amide bonds. The zero-order valence-corrected chi connectivity index (χ0v) is 43.1. The monoisotopic (exact) mass is 989 g/mol. The molecular formula is C55H72N8O9. The number of amides is 4. The molecular weight excluding hydrogens is 917 g/mol. The van der Waals surface area contributed by atoms with Crippen molar-refractivity contribution in [2.75, 3.05) is 48.0 Å². The van der Waals surface area contributed by atoms with Crippen molar-refractivity contribution in [3.63, 3.8) is 0 Å². The molecule has 6 bridgehead atoms. The molecule has 72 heavy (non-hydrogen) atoms. The van der Waals surface area contributed by atoms with Crippen LogP contribution in [0.5, 0.6) is 5.75 Å². The first-order valence-electron chi connectivity index (χ1n) is 25.8. The topological polar surface area (TPSA) is 207 Å². The molecule has 2 aliphatic carbocycles. The smallest absolute Gasteiger partial charge is 0.324 e. The third-order valence-electron chi connectivity index (χ3n) is 15.9. The van der Waals surface area contributed by atoms with Gasteiger partial charge in [-0.25, -0.2) is 5.43 Å². The van der Waals surface area contributed by atoms with Crippen molar-refractivity contribution in [1.82, 2.24) is 40.4 Å². The van der Waals surface area contributed by atoms with Crippen molar-refractivity contribution in [3.05, 3.63) is 71.5 Å². The van der Waals surface area contributed by atoms with Crippen LogP contribution in [0.25, 0.3) is 33.3 Å². The number of esters is 1. The summed E-state index contributed by atoms with van der Waals surface area (Å²) < 4.78 is 20.0. The van der Waals surface area contributed by atoms with E-state index in [9.17, 15) is 29.1 Å². The highest BCUT2D eigenvalue weighted by atomic mass is 16.5. The number of rotatable bonds is 13. The fourth-order valence-electron chi connectivity index (χ4n) is 11.7. The van der Waals surface area contributed by atoms with Gasteiger partial charge in [-0.1, -0.05) is 38.8 Å². The summed E-state index contributed by atoms with van der Waals surface area (Å²) in [5.74, 6) is -2.24. The van der Waals surface area contributed by atoms with Crippen LogP contribution in [0.4, 0.5) is 0 Å². The lowest BCUT2D eigenvalue weighted by Crippen LogP contribution is -2.62. The van der Waals surface area contributed by atoms with Crippen LogP contribution in [0.3, 0.4) is 0 Å². The van der Waals surface area contributed by atoms with Crippen LogP contribution in [0.1, 0.15) is 102 Å². The first-order chi connectivity index (χ1) is 34.5. The predicted molar refractivity (Wildman–Crippen MR) is 271 cm³/mol. The molecule has 3 aliphatic heterocycles. The minimum absolute atomic E-state index is 0.00905. The van der Waals surface area contributed by atoms with Gasteiger partial charge in [-0.3, -0.25) is 39.3 Å². The highest BCUT2D eigenvalue weighted by Crippen LogP contribution is 2.48. The average molecular weight is 989 g/mol. The molecule has 6 atom stereocenters. The predicted octanol–water partition coefficient (Wildman–Crippen LogP) is 5.45. The lowest BCUT2D eigenvalue weighted by atomic mass is 9.84. The molecule has 0 spiro atoms. The number of hydrazine groups is 1. The average Bonchev–Trinajstić information content (AvgIpc) is 4.28. The molecule has 2 aromatic carbocycles. The number of hydrogen-bond donors (Lipinski definition) is 4. The molecule has 9 rings (SSSR count). The number of ether oxygens (including phenoxy) is 3. The number of likely N-dealkylation sites (N-methyl/N-ethyl adjacent to an activating group) is 2. The highest BCUT2D eigenvalue weighted by molar-refractivity contribution is 5.96. The summed E-state index contributed by atoms with van der Waals surface area (Å²) in [4.78, 5) is 79.2. The Hall–Kier alpha value is -5.88. The van der Waals surface area contributed by atoms with Crippen LogP contribution in [0.2, 0.25) is 0 Å². The lowest BCUT2D eigenvalue weighted by Gasteiger charge is -2.37. The number of nitrogens with zero attached hydrogens (tertiary/aromatic N) is 5. The largest absolute Gasteiger partial charge is 0.508 e. The summed E-state index contributed by atoms with van der Waals surface area (Å²) >= 11 is 0. The van der Waals surface area contributed by atoms with Gasteiger partial charge in [0, 0.05) is 75.9 Å². The molecule has 1 unspecified atom stereocenters. The molecule has 2 saturated heterocycles. The van der Waals surface area contributed by atoms with Crippen molar-refractivity contribution >= 4 is 40.5 Å². The quantitative estimate of drug-likeness (QED) is 0.0976. The van der Waals surface area contributed by atoms with Crippen LogP contribution in [-0.2, 0) is 57.6 Å². The maximum Gasteiger partial charge on any atom is 0.324 e. The number of aromatic hydroxyl groups is 1. The van der Waals surface area contributed by atoms with E-state index in [0.717, 1.165) is 70.2 Å². The molecule has 17 nitrogen and oxygen atoms in total. The summed E-state index contributed by atoms with van der Waals surface area (Å²) in [7, 11) is 6.52. The first kappa shape index (κ1) is 51.0. The van der Waals surface area contributed by atoms with E-state index < -0.39 is 53.3 Å². The van der Waals surface area contributed by atoms with Gasteiger partial charge in [0.15, 0.2) is 0 Å². The van der Waals surface area contributed by atoms with Crippen LogP contribution in [0, 0.1) is 11.3 Å². The number of phenolic OH excluding ortho intramolecular Hbond substituents is 1. The summed E-state index contributed by atoms with van der Waals surface area (Å²) in [5.41, 5.74) is 9.24. The Morgan fingerprint density at radius 1 is 1.01 bits per heavy atom. The Morgan fingerprint density at radius 2 is 1.78 bits per heavy atom. The molecule has 5 heterocycles. The molecule has 4 N–H and O–H groups in total. The Morgan fingerprint density at radius 3 is 2.49 bits per heavy atom. The van der Waals surface area contributed by atoms with E-state index in [0.29, 0.717) is 44.2 Å². The van der Waals surface area contributed by atoms with Crippen LogP contribution in [0.15, 0.2) is 54.7 Å². The van der Waals surface area contributed by atoms with Gasteiger partial charge in [0.1, 0.15) is 29.9 Å². The van der Waals surface area contributed by atoms with Crippen molar-refractivity contribution in [1.29, 1.82) is 0 Å². The highest BCUT2D eigenvalue weighted by Gasteiger charge is 2.63. The van der Waals surface area contributed by atoms with E-state index in [1.165, 1.54) is 14.8 Å². The van der Waals surface area contributed by atoms with Gasteiger partial charge < -0.3 is 39.0 Å². The van der Waals surface area contributed by atoms with Crippen LogP contribution in [-0.4, -0.2) is 143 Å².